The number of nitrogens with two attached hydrogens (primary N) is 1. The van der Waals surface area contributed by atoms with E-state index in [4.69, 9.17) is 11.1 Å². The lowest BCUT2D eigenvalue weighted by Crippen LogP contribution is -2.31. The Balaban J connectivity index is 2.11. The highest BCUT2D eigenvalue weighted by Crippen LogP contribution is 2.42. The molecule has 0 aliphatic heterocycles. The van der Waals surface area contributed by atoms with E-state index in [1.807, 2.05) is 0 Å². The molecule has 0 saturated heterocycles. The molecule has 1 aromatic heterocycles. The zero-order chi connectivity index (χ0) is 15.6. The fourth-order valence-corrected chi connectivity index (χ4v) is 3.98. The number of hydrogen-bond donors (Lipinski definition) is 5. The first-order valence-electron chi connectivity index (χ1n) is 5.95. The maximum atomic E-state index is 7.06. The van der Waals surface area contributed by atoms with Crippen LogP contribution < -0.4 is 16.4 Å². The van der Waals surface area contributed by atoms with E-state index in [0.29, 0.717) is 12.5 Å². The van der Waals surface area contributed by atoms with Gasteiger partial charge in [0, 0.05) is 22.0 Å². The van der Waals surface area contributed by atoms with Crippen molar-refractivity contribution in [1.29, 1.82) is 5.41 Å². The van der Waals surface area contributed by atoms with Crippen LogP contribution in [-0.2, 0) is 0 Å². The largest absolute Gasteiger partial charge is 0.370 e. The Morgan fingerprint density at radius 2 is 1.76 bits per heavy atom. The predicted molar refractivity (Wildman–Crippen MR) is 99.9 cm³/mol. The molecule has 6 N–H and O–H groups in total. The quantitative estimate of drug-likeness (QED) is 0.129. The van der Waals surface area contributed by atoms with Crippen LogP contribution in [0, 0.1) is 5.41 Å². The lowest BCUT2D eigenvalue weighted by atomic mass is 10.3. The summed E-state index contributed by atoms with van der Waals surface area (Å²) in [5.41, 5.74) is 6.95. The fourth-order valence-electron chi connectivity index (χ4n) is 1.70. The number of benzene rings is 1. The highest BCUT2D eigenvalue weighted by Gasteiger charge is 2.17. The molecule has 0 fully saturated rings. The van der Waals surface area contributed by atoms with Crippen LogP contribution in [0.25, 0.3) is 11.0 Å². The van der Waals surface area contributed by atoms with Crippen LogP contribution in [0.3, 0.4) is 0 Å². The molecule has 0 aliphatic rings. The van der Waals surface area contributed by atoms with Crippen molar-refractivity contribution < 1.29 is 0 Å². The number of nitrogens with one attached hydrogen (secondary N) is 4. The van der Waals surface area contributed by atoms with Crippen LogP contribution >= 0.6 is 63.7 Å². The van der Waals surface area contributed by atoms with Gasteiger partial charge in [0.25, 0.3) is 0 Å². The van der Waals surface area contributed by atoms with Gasteiger partial charge in [-0.1, -0.05) is 0 Å². The summed E-state index contributed by atoms with van der Waals surface area (Å²) in [6, 6.07) is 0. The van der Waals surface area contributed by atoms with Crippen molar-refractivity contribution in [3.05, 3.63) is 17.9 Å². The summed E-state index contributed by atoms with van der Waals surface area (Å²) in [5.74, 6) is 0.681. The van der Waals surface area contributed by atoms with E-state index in [-0.39, 0.29) is 5.96 Å². The Morgan fingerprint density at radius 1 is 1.10 bits per heavy atom. The molecule has 2 rings (SSSR count). The van der Waals surface area contributed by atoms with E-state index < -0.39 is 0 Å². The summed E-state index contributed by atoms with van der Waals surface area (Å²) >= 11 is 14.1. The Morgan fingerprint density at radius 3 is 2.43 bits per heavy atom. The van der Waals surface area contributed by atoms with Gasteiger partial charge in [0.2, 0.25) is 5.95 Å². The number of halogens is 4. The zero-order valence-electron chi connectivity index (χ0n) is 10.7. The lowest BCUT2D eigenvalue weighted by molar-refractivity contribution is 0.793. The molecule has 0 radical (unpaired) electrons. The molecule has 0 bridgehead atoms. The molecule has 0 spiro atoms. The maximum absolute atomic E-state index is 7.06. The SMILES string of the molecule is N=C(N)NCCCNc1nc2c(Br)c(Br)c(Br)c(Br)c2[nH]1. The van der Waals surface area contributed by atoms with E-state index in [2.05, 4.69) is 84.3 Å². The lowest BCUT2D eigenvalue weighted by Gasteiger charge is -2.04. The third-order valence-corrected chi connectivity index (χ3v) is 7.42. The average Bonchev–Trinajstić information content (AvgIpc) is 2.86. The van der Waals surface area contributed by atoms with Gasteiger partial charge in [0.1, 0.15) is 5.52 Å². The third-order valence-electron chi connectivity index (χ3n) is 2.67. The van der Waals surface area contributed by atoms with Gasteiger partial charge in [-0.2, -0.15) is 0 Å². The summed E-state index contributed by atoms with van der Waals surface area (Å²) in [6.45, 7) is 1.37. The molecule has 0 amide bonds. The van der Waals surface area contributed by atoms with Gasteiger partial charge in [-0.15, -0.1) is 0 Å². The van der Waals surface area contributed by atoms with Gasteiger partial charge >= 0.3 is 0 Å². The van der Waals surface area contributed by atoms with Crippen LogP contribution in [0.15, 0.2) is 17.9 Å². The number of guanidine groups is 1. The smallest absolute Gasteiger partial charge is 0.201 e. The molecule has 10 heteroatoms. The first-order chi connectivity index (χ1) is 9.91. The topological polar surface area (TPSA) is 103 Å². The standard InChI is InChI=1S/C11H12Br4N6/c12-4-5(13)7(15)9-8(6(4)14)20-11(21-9)19-3-1-2-18-10(16)17/h1-3H2,(H4,16,17,18)(H2,19,20,21). The van der Waals surface area contributed by atoms with E-state index >= 15 is 0 Å². The zero-order valence-corrected chi connectivity index (χ0v) is 17.0. The van der Waals surface area contributed by atoms with Gasteiger partial charge in [-0.05, 0) is 70.1 Å². The fraction of sp³-hybridized carbons (Fsp3) is 0.273. The highest BCUT2D eigenvalue weighted by atomic mass is 79.9. The highest BCUT2D eigenvalue weighted by molar-refractivity contribution is 9.15. The molecular formula is C11H12Br4N6. The molecule has 1 aromatic carbocycles. The number of aromatic amines is 1. The summed E-state index contributed by atoms with van der Waals surface area (Å²) in [5, 5.41) is 13.0. The van der Waals surface area contributed by atoms with E-state index in [0.717, 1.165) is 41.9 Å². The minimum absolute atomic E-state index is 0.0127. The monoisotopic (exact) mass is 544 g/mol. The van der Waals surface area contributed by atoms with Crippen LogP contribution in [0.2, 0.25) is 0 Å². The minimum atomic E-state index is -0.0127. The van der Waals surface area contributed by atoms with Crippen LogP contribution in [-0.4, -0.2) is 29.0 Å². The number of nitrogens with zero attached hydrogens (tertiary/aromatic N) is 1. The number of hydrogen-bond acceptors (Lipinski definition) is 3. The van der Waals surface area contributed by atoms with Crippen molar-refractivity contribution in [2.24, 2.45) is 5.73 Å². The number of rotatable bonds is 5. The third kappa shape index (κ3) is 3.91. The first-order valence-corrected chi connectivity index (χ1v) is 9.12. The van der Waals surface area contributed by atoms with Crippen molar-refractivity contribution in [1.82, 2.24) is 15.3 Å². The number of aromatic nitrogens is 2. The second-order valence-electron chi connectivity index (χ2n) is 4.19. The van der Waals surface area contributed by atoms with E-state index in [9.17, 15) is 0 Å². The summed E-state index contributed by atoms with van der Waals surface area (Å²) in [6.07, 6.45) is 0.826. The molecule has 2 aromatic rings. The van der Waals surface area contributed by atoms with Gasteiger partial charge in [-0.25, -0.2) is 4.98 Å². The number of fused-ring (bicyclic) bond motifs is 1. The van der Waals surface area contributed by atoms with E-state index in [1.165, 1.54) is 0 Å². The Labute approximate surface area is 155 Å². The number of imidazole rings is 1. The van der Waals surface area contributed by atoms with Gasteiger partial charge < -0.3 is 21.4 Å². The molecular weight excluding hydrogens is 536 g/mol. The average molecular weight is 548 g/mol. The Hall–Kier alpha value is -0.320. The molecule has 114 valence electrons. The van der Waals surface area contributed by atoms with Gasteiger partial charge in [-0.3, -0.25) is 5.41 Å². The maximum Gasteiger partial charge on any atom is 0.201 e. The number of H-pyrrole nitrogens is 1. The normalized spacial score (nSPS) is 10.9. The van der Waals surface area contributed by atoms with Crippen LogP contribution in [0.1, 0.15) is 6.42 Å². The number of anilines is 1. The second-order valence-corrected chi connectivity index (χ2v) is 7.36. The van der Waals surface area contributed by atoms with Gasteiger partial charge in [0.05, 0.1) is 14.5 Å². The second kappa shape index (κ2) is 7.30. The molecule has 0 unspecified atom stereocenters. The molecule has 21 heavy (non-hydrogen) atoms. The van der Waals surface area contributed by atoms with Crippen molar-refractivity contribution in [3.63, 3.8) is 0 Å². The van der Waals surface area contributed by atoms with Gasteiger partial charge in [0.15, 0.2) is 5.96 Å². The molecule has 0 saturated carbocycles. The van der Waals surface area contributed by atoms with E-state index in [1.54, 1.807) is 0 Å². The summed E-state index contributed by atoms with van der Waals surface area (Å²) in [4.78, 5) is 7.76. The Bertz CT molecular complexity index is 638. The first kappa shape index (κ1) is 17.0. The summed E-state index contributed by atoms with van der Waals surface area (Å²) in [7, 11) is 0. The van der Waals surface area contributed by atoms with Crippen LogP contribution in [0.5, 0.6) is 0 Å². The Kier molecular flexibility index (Phi) is 5.92. The van der Waals surface area contributed by atoms with Crippen molar-refractivity contribution in [2.45, 2.75) is 6.42 Å². The minimum Gasteiger partial charge on any atom is -0.370 e. The molecule has 1 heterocycles. The van der Waals surface area contributed by atoms with Crippen LogP contribution in [0.4, 0.5) is 5.95 Å². The van der Waals surface area contributed by atoms with Crippen molar-refractivity contribution >= 4 is 86.7 Å². The predicted octanol–water partition coefficient (Wildman–Crippen LogP) is 3.90. The molecule has 0 aliphatic carbocycles. The molecule has 6 nitrogen and oxygen atoms in total. The summed E-state index contributed by atoms with van der Waals surface area (Å²) < 4.78 is 3.62. The molecule has 0 atom stereocenters. The van der Waals surface area contributed by atoms with Crippen molar-refractivity contribution in [2.75, 3.05) is 18.4 Å². The van der Waals surface area contributed by atoms with Crippen molar-refractivity contribution in [3.8, 4) is 0 Å².